The maximum absolute atomic E-state index is 12.2. The molecule has 2 atom stereocenters. The van der Waals surface area contributed by atoms with Gasteiger partial charge in [-0.05, 0) is 6.42 Å². The average molecular weight is 276 g/mol. The van der Waals surface area contributed by atoms with Gasteiger partial charge in [0, 0.05) is 19.1 Å². The Morgan fingerprint density at radius 2 is 2.06 bits per heavy atom. The lowest BCUT2D eigenvalue weighted by Gasteiger charge is -2.36. The molecule has 9 heteroatoms. The van der Waals surface area contributed by atoms with Crippen LogP contribution in [0, 0.1) is 0 Å². The summed E-state index contributed by atoms with van der Waals surface area (Å²) >= 11 is 0. The molecule has 0 saturated carbocycles. The third-order valence-corrected chi connectivity index (χ3v) is 2.58. The molecule has 0 spiro atoms. The fourth-order valence-corrected chi connectivity index (χ4v) is 1.67. The van der Waals surface area contributed by atoms with Crippen molar-refractivity contribution in [2.45, 2.75) is 31.2 Å². The molecule has 0 aromatic heterocycles. The quantitative estimate of drug-likeness (QED) is 0.774. The monoisotopic (exact) mass is 276 g/mol. The SMILES string of the molecule is NC1CCN(C(=O)C(F)(F)F)CC1OCC(F)F. The lowest BCUT2D eigenvalue weighted by atomic mass is 10.0. The van der Waals surface area contributed by atoms with E-state index in [-0.39, 0.29) is 13.0 Å². The van der Waals surface area contributed by atoms with Crippen LogP contribution in [-0.4, -0.2) is 55.3 Å². The van der Waals surface area contributed by atoms with Gasteiger partial charge in [0.05, 0.1) is 6.10 Å². The summed E-state index contributed by atoms with van der Waals surface area (Å²) in [6.07, 6.45) is -8.63. The molecule has 0 aromatic rings. The standard InChI is InChI=1S/C9H13F5N2O2/c10-7(11)4-18-6-3-16(2-1-5(6)15)8(17)9(12,13)14/h5-7H,1-4,15H2. The number of likely N-dealkylation sites (tertiary alicyclic amines) is 1. The summed E-state index contributed by atoms with van der Waals surface area (Å²) in [5.41, 5.74) is 5.55. The van der Waals surface area contributed by atoms with E-state index in [1.165, 1.54) is 0 Å². The first-order chi connectivity index (χ1) is 8.21. The zero-order chi connectivity index (χ0) is 13.9. The first kappa shape index (κ1) is 15.1. The number of nitrogens with two attached hydrogens (primary N) is 1. The minimum absolute atomic E-state index is 0.0791. The average Bonchev–Trinajstić information content (AvgIpc) is 2.25. The van der Waals surface area contributed by atoms with E-state index in [0.29, 0.717) is 4.90 Å². The number of ether oxygens (including phenoxy) is 1. The predicted octanol–water partition coefficient (Wildman–Crippen LogP) is 0.759. The highest BCUT2D eigenvalue weighted by atomic mass is 19.4. The second kappa shape index (κ2) is 5.79. The van der Waals surface area contributed by atoms with Crippen LogP contribution in [-0.2, 0) is 9.53 Å². The number of rotatable bonds is 3. The van der Waals surface area contributed by atoms with Crippen LogP contribution < -0.4 is 5.73 Å². The number of alkyl halides is 5. The highest BCUT2D eigenvalue weighted by Crippen LogP contribution is 2.22. The van der Waals surface area contributed by atoms with E-state index in [9.17, 15) is 26.7 Å². The fraction of sp³-hybridized carbons (Fsp3) is 0.889. The van der Waals surface area contributed by atoms with Crippen LogP contribution in [0.4, 0.5) is 22.0 Å². The van der Waals surface area contributed by atoms with Crippen molar-refractivity contribution < 1.29 is 31.5 Å². The van der Waals surface area contributed by atoms with Gasteiger partial charge in [0.25, 0.3) is 6.43 Å². The number of nitrogens with zero attached hydrogens (tertiary/aromatic N) is 1. The zero-order valence-electron chi connectivity index (χ0n) is 9.29. The summed E-state index contributed by atoms with van der Waals surface area (Å²) in [6, 6.07) is -0.652. The molecule has 1 amide bonds. The van der Waals surface area contributed by atoms with Gasteiger partial charge in [-0.15, -0.1) is 0 Å². The molecule has 1 heterocycles. The van der Waals surface area contributed by atoms with Gasteiger partial charge >= 0.3 is 12.1 Å². The summed E-state index contributed by atoms with van der Waals surface area (Å²) in [6.45, 7) is -1.49. The molecular weight excluding hydrogens is 263 g/mol. The number of carbonyl (C=O) groups is 1. The van der Waals surface area contributed by atoms with Crippen LogP contribution in [0.5, 0.6) is 0 Å². The molecule has 4 nitrogen and oxygen atoms in total. The van der Waals surface area contributed by atoms with Crippen molar-refractivity contribution >= 4 is 5.91 Å². The lowest BCUT2D eigenvalue weighted by molar-refractivity contribution is -0.189. The Morgan fingerprint density at radius 1 is 1.44 bits per heavy atom. The van der Waals surface area contributed by atoms with Gasteiger partial charge in [-0.1, -0.05) is 0 Å². The van der Waals surface area contributed by atoms with Crippen LogP contribution in [0.1, 0.15) is 6.42 Å². The van der Waals surface area contributed by atoms with Crippen LogP contribution in [0.25, 0.3) is 0 Å². The molecule has 0 radical (unpaired) electrons. The zero-order valence-corrected chi connectivity index (χ0v) is 9.29. The lowest BCUT2D eigenvalue weighted by Crippen LogP contribution is -2.56. The van der Waals surface area contributed by atoms with Crippen molar-refractivity contribution in [2.24, 2.45) is 5.73 Å². The van der Waals surface area contributed by atoms with Crippen LogP contribution in [0.2, 0.25) is 0 Å². The number of amides is 1. The Kier molecular flexibility index (Phi) is 4.85. The summed E-state index contributed by atoms with van der Waals surface area (Å²) < 4.78 is 65.2. The molecule has 0 aliphatic carbocycles. The molecule has 1 rings (SSSR count). The van der Waals surface area contributed by atoms with Crippen molar-refractivity contribution in [2.75, 3.05) is 19.7 Å². The first-order valence-electron chi connectivity index (χ1n) is 5.23. The molecule has 1 aliphatic rings. The number of carbonyl (C=O) groups excluding carboxylic acids is 1. The van der Waals surface area contributed by atoms with Crippen molar-refractivity contribution in [1.29, 1.82) is 0 Å². The molecule has 18 heavy (non-hydrogen) atoms. The van der Waals surface area contributed by atoms with Gasteiger partial charge < -0.3 is 15.4 Å². The molecule has 0 aromatic carbocycles. The van der Waals surface area contributed by atoms with Gasteiger partial charge in [0.15, 0.2) is 0 Å². The highest BCUT2D eigenvalue weighted by Gasteiger charge is 2.44. The third kappa shape index (κ3) is 4.05. The first-order valence-corrected chi connectivity index (χ1v) is 5.23. The molecule has 1 aliphatic heterocycles. The van der Waals surface area contributed by atoms with Crippen LogP contribution in [0.15, 0.2) is 0 Å². The Labute approximate surface area is 99.9 Å². The van der Waals surface area contributed by atoms with Gasteiger partial charge in [-0.3, -0.25) is 4.79 Å². The smallest absolute Gasteiger partial charge is 0.369 e. The Bertz CT molecular complexity index is 297. The Hall–Kier alpha value is -0.960. The largest absolute Gasteiger partial charge is 0.471 e. The molecule has 2 unspecified atom stereocenters. The van der Waals surface area contributed by atoms with E-state index in [4.69, 9.17) is 10.5 Å². The van der Waals surface area contributed by atoms with E-state index in [2.05, 4.69) is 0 Å². The molecule has 2 N–H and O–H groups in total. The van der Waals surface area contributed by atoms with Crippen molar-refractivity contribution in [3.63, 3.8) is 0 Å². The topological polar surface area (TPSA) is 55.6 Å². The predicted molar refractivity (Wildman–Crippen MR) is 51.0 cm³/mol. The van der Waals surface area contributed by atoms with Gasteiger partial charge in [-0.25, -0.2) is 8.78 Å². The highest BCUT2D eigenvalue weighted by molar-refractivity contribution is 5.82. The minimum Gasteiger partial charge on any atom is -0.369 e. The maximum Gasteiger partial charge on any atom is 0.471 e. The number of piperidine rings is 1. The van der Waals surface area contributed by atoms with Crippen molar-refractivity contribution in [1.82, 2.24) is 4.90 Å². The number of halogens is 5. The second-order valence-electron chi connectivity index (χ2n) is 3.96. The van der Waals surface area contributed by atoms with Gasteiger partial charge in [-0.2, -0.15) is 13.2 Å². The van der Waals surface area contributed by atoms with Crippen LogP contribution >= 0.6 is 0 Å². The van der Waals surface area contributed by atoms with E-state index in [0.717, 1.165) is 0 Å². The minimum atomic E-state index is -4.98. The summed E-state index contributed by atoms with van der Waals surface area (Å²) in [4.78, 5) is 11.5. The second-order valence-corrected chi connectivity index (χ2v) is 3.96. The van der Waals surface area contributed by atoms with E-state index in [1.807, 2.05) is 0 Å². The maximum atomic E-state index is 12.2. The molecule has 106 valence electrons. The van der Waals surface area contributed by atoms with Crippen LogP contribution in [0.3, 0.4) is 0 Å². The third-order valence-electron chi connectivity index (χ3n) is 2.58. The normalized spacial score (nSPS) is 25.6. The molecule has 1 saturated heterocycles. The fourth-order valence-electron chi connectivity index (χ4n) is 1.67. The molecular formula is C9H13F5N2O2. The summed E-state index contributed by atoms with van der Waals surface area (Å²) in [7, 11) is 0. The Morgan fingerprint density at radius 3 is 2.56 bits per heavy atom. The van der Waals surface area contributed by atoms with E-state index >= 15 is 0 Å². The Balaban J connectivity index is 2.57. The number of hydrogen-bond acceptors (Lipinski definition) is 3. The van der Waals surface area contributed by atoms with Gasteiger partial charge in [0.1, 0.15) is 6.61 Å². The van der Waals surface area contributed by atoms with Crippen molar-refractivity contribution in [3.8, 4) is 0 Å². The molecule has 1 fully saturated rings. The molecule has 0 bridgehead atoms. The number of hydrogen-bond donors (Lipinski definition) is 1. The van der Waals surface area contributed by atoms with E-state index < -0.39 is 43.8 Å². The summed E-state index contributed by atoms with van der Waals surface area (Å²) in [5.74, 6) is -2.00. The van der Waals surface area contributed by atoms with E-state index in [1.54, 1.807) is 0 Å². The van der Waals surface area contributed by atoms with Gasteiger partial charge in [0.2, 0.25) is 0 Å². The summed E-state index contributed by atoms with van der Waals surface area (Å²) in [5, 5.41) is 0. The van der Waals surface area contributed by atoms with Crippen molar-refractivity contribution in [3.05, 3.63) is 0 Å².